The van der Waals surface area contributed by atoms with Gasteiger partial charge in [-0.1, -0.05) is 58.8 Å². The van der Waals surface area contributed by atoms with Crippen molar-refractivity contribution in [2.45, 2.75) is 71.9 Å². The Morgan fingerprint density at radius 3 is 2.23 bits per heavy atom. The maximum atomic E-state index is 12.2. The van der Waals surface area contributed by atoms with Crippen molar-refractivity contribution in [3.05, 3.63) is 41.5 Å². The highest BCUT2D eigenvalue weighted by atomic mass is 16.5. The molecule has 0 aliphatic heterocycles. The molecular weight excluding hydrogens is 330 g/mol. The molecule has 1 amide bonds. The lowest BCUT2D eigenvalue weighted by Crippen LogP contribution is -2.36. The molecule has 6 heteroatoms. The molecule has 1 atom stereocenters. The highest BCUT2D eigenvalue weighted by molar-refractivity contribution is 5.80. The molecule has 1 heterocycles. The van der Waals surface area contributed by atoms with E-state index in [0.717, 1.165) is 0 Å². The lowest BCUT2D eigenvalue weighted by molar-refractivity contribution is -0.127. The van der Waals surface area contributed by atoms with Crippen LogP contribution in [0.15, 0.2) is 28.8 Å². The van der Waals surface area contributed by atoms with Gasteiger partial charge in [0.2, 0.25) is 5.89 Å². The van der Waals surface area contributed by atoms with Crippen LogP contribution in [0.4, 0.5) is 0 Å². The second kappa shape index (κ2) is 7.48. The highest BCUT2D eigenvalue weighted by Gasteiger charge is 2.22. The van der Waals surface area contributed by atoms with Crippen molar-refractivity contribution < 1.29 is 14.1 Å². The first-order valence-electron chi connectivity index (χ1n) is 8.85. The summed E-state index contributed by atoms with van der Waals surface area (Å²) in [7, 11) is 0. The Balaban J connectivity index is 1.88. The van der Waals surface area contributed by atoms with Gasteiger partial charge in [0.05, 0.1) is 6.54 Å². The third kappa shape index (κ3) is 5.31. The van der Waals surface area contributed by atoms with Gasteiger partial charge in [-0.05, 0) is 30.0 Å². The number of rotatable bonds is 5. The Kier molecular flexibility index (Phi) is 5.74. The number of hydrogen-bond acceptors (Lipinski definition) is 5. The van der Waals surface area contributed by atoms with Crippen molar-refractivity contribution >= 4 is 5.91 Å². The molecule has 0 radical (unpaired) electrons. The molecule has 1 aromatic heterocycles. The van der Waals surface area contributed by atoms with Gasteiger partial charge in [0, 0.05) is 5.41 Å². The van der Waals surface area contributed by atoms with E-state index in [1.807, 2.05) is 45.0 Å². The fourth-order valence-corrected chi connectivity index (χ4v) is 2.23. The zero-order valence-corrected chi connectivity index (χ0v) is 16.7. The van der Waals surface area contributed by atoms with Crippen LogP contribution in [-0.4, -0.2) is 22.2 Å². The summed E-state index contributed by atoms with van der Waals surface area (Å²) in [6.07, 6.45) is -0.621. The zero-order chi connectivity index (χ0) is 19.5. The molecule has 2 rings (SSSR count). The standard InChI is InChI=1S/C20H29N3O3/c1-13(25-15-10-8-14(9-11-15)19(2,3)4)17(24)21-12-16-22-18(26-23-16)20(5,6)7/h8-11,13H,12H2,1-7H3,(H,21,24)/t13-/m0/s1. The van der Waals surface area contributed by atoms with Gasteiger partial charge in [-0.25, -0.2) is 0 Å². The molecule has 26 heavy (non-hydrogen) atoms. The van der Waals surface area contributed by atoms with Crippen LogP contribution >= 0.6 is 0 Å². The van der Waals surface area contributed by atoms with Crippen molar-refractivity contribution in [2.24, 2.45) is 0 Å². The second-order valence-corrected chi connectivity index (χ2v) is 8.52. The Morgan fingerprint density at radius 1 is 1.12 bits per heavy atom. The van der Waals surface area contributed by atoms with Crippen molar-refractivity contribution in [1.82, 2.24) is 15.5 Å². The van der Waals surface area contributed by atoms with E-state index in [1.165, 1.54) is 5.56 Å². The minimum Gasteiger partial charge on any atom is -0.481 e. The van der Waals surface area contributed by atoms with Crippen molar-refractivity contribution in [3.8, 4) is 5.75 Å². The maximum absolute atomic E-state index is 12.2. The molecule has 2 aromatic rings. The van der Waals surface area contributed by atoms with E-state index in [2.05, 4.69) is 36.2 Å². The Bertz CT molecular complexity index is 737. The minimum absolute atomic E-state index is 0.0814. The maximum Gasteiger partial charge on any atom is 0.261 e. The Morgan fingerprint density at radius 2 is 1.73 bits per heavy atom. The van der Waals surface area contributed by atoms with Crippen LogP contribution in [0.25, 0.3) is 0 Å². The van der Waals surface area contributed by atoms with Crippen LogP contribution in [0, 0.1) is 0 Å². The predicted molar refractivity (Wildman–Crippen MR) is 100 cm³/mol. The average Bonchev–Trinajstić information content (AvgIpc) is 3.01. The van der Waals surface area contributed by atoms with E-state index >= 15 is 0 Å². The third-order valence-electron chi connectivity index (χ3n) is 3.93. The molecule has 0 unspecified atom stereocenters. The van der Waals surface area contributed by atoms with Gasteiger partial charge < -0.3 is 14.6 Å². The van der Waals surface area contributed by atoms with Gasteiger partial charge in [0.15, 0.2) is 11.9 Å². The first-order valence-corrected chi connectivity index (χ1v) is 8.85. The molecule has 1 aromatic carbocycles. The molecule has 0 saturated carbocycles. The van der Waals surface area contributed by atoms with E-state index in [9.17, 15) is 4.79 Å². The fraction of sp³-hybridized carbons (Fsp3) is 0.550. The quantitative estimate of drug-likeness (QED) is 0.880. The van der Waals surface area contributed by atoms with Gasteiger partial charge in [0.1, 0.15) is 5.75 Å². The average molecular weight is 359 g/mol. The summed E-state index contributed by atoms with van der Waals surface area (Å²) in [5.74, 6) is 1.43. The van der Waals surface area contributed by atoms with Crippen LogP contribution in [0.3, 0.4) is 0 Å². The molecule has 1 N–H and O–H groups in total. The molecule has 0 aliphatic rings. The summed E-state index contributed by atoms with van der Waals surface area (Å²) in [5.41, 5.74) is 1.08. The number of benzene rings is 1. The zero-order valence-electron chi connectivity index (χ0n) is 16.7. The van der Waals surface area contributed by atoms with E-state index in [1.54, 1.807) is 6.92 Å². The van der Waals surface area contributed by atoms with E-state index in [4.69, 9.17) is 9.26 Å². The first-order chi connectivity index (χ1) is 12.0. The lowest BCUT2D eigenvalue weighted by Gasteiger charge is -2.20. The number of nitrogens with one attached hydrogen (secondary N) is 1. The molecule has 142 valence electrons. The van der Waals surface area contributed by atoms with Gasteiger partial charge in [-0.3, -0.25) is 4.79 Å². The topological polar surface area (TPSA) is 77.2 Å². The van der Waals surface area contributed by atoms with E-state index in [0.29, 0.717) is 17.5 Å². The fourth-order valence-electron chi connectivity index (χ4n) is 2.23. The lowest BCUT2D eigenvalue weighted by atomic mass is 9.87. The number of aromatic nitrogens is 2. The summed E-state index contributed by atoms with van der Waals surface area (Å²) >= 11 is 0. The molecule has 0 fully saturated rings. The number of carbonyl (C=O) groups excluding carboxylic acids is 1. The number of nitrogens with zero attached hydrogens (tertiary/aromatic N) is 2. The molecule has 0 aliphatic carbocycles. The smallest absolute Gasteiger partial charge is 0.261 e. The molecule has 0 saturated heterocycles. The van der Waals surface area contributed by atoms with Gasteiger partial charge in [-0.2, -0.15) is 4.98 Å². The summed E-state index contributed by atoms with van der Waals surface area (Å²) in [6.45, 7) is 14.3. The van der Waals surface area contributed by atoms with Crippen molar-refractivity contribution in [2.75, 3.05) is 0 Å². The van der Waals surface area contributed by atoms with Crippen LogP contribution in [0.5, 0.6) is 5.75 Å². The van der Waals surface area contributed by atoms with E-state index < -0.39 is 6.10 Å². The molecule has 6 nitrogen and oxygen atoms in total. The summed E-state index contributed by atoms with van der Waals surface area (Å²) < 4.78 is 10.9. The molecule has 0 spiro atoms. The monoisotopic (exact) mass is 359 g/mol. The first kappa shape index (κ1) is 19.9. The van der Waals surface area contributed by atoms with Crippen LogP contribution in [0.2, 0.25) is 0 Å². The number of amides is 1. The van der Waals surface area contributed by atoms with Gasteiger partial charge in [-0.15, -0.1) is 0 Å². The minimum atomic E-state index is -0.621. The molecule has 0 bridgehead atoms. The van der Waals surface area contributed by atoms with Crippen LogP contribution in [-0.2, 0) is 22.2 Å². The summed E-state index contributed by atoms with van der Waals surface area (Å²) in [4.78, 5) is 16.5. The van der Waals surface area contributed by atoms with Crippen molar-refractivity contribution in [3.63, 3.8) is 0 Å². The van der Waals surface area contributed by atoms with Crippen LogP contribution in [0.1, 0.15) is 65.7 Å². The Hall–Kier alpha value is -2.37. The largest absolute Gasteiger partial charge is 0.481 e. The predicted octanol–water partition coefficient (Wildman–Crippen LogP) is 3.75. The van der Waals surface area contributed by atoms with E-state index in [-0.39, 0.29) is 23.3 Å². The normalized spacial score (nSPS) is 13.3. The second-order valence-electron chi connectivity index (χ2n) is 8.52. The SMILES string of the molecule is C[C@H](Oc1ccc(C(C)(C)C)cc1)C(=O)NCc1noc(C(C)(C)C)n1. The Labute approximate surface area is 155 Å². The number of hydrogen-bond donors (Lipinski definition) is 1. The number of ether oxygens (including phenoxy) is 1. The number of carbonyl (C=O) groups is 1. The van der Waals surface area contributed by atoms with Gasteiger partial charge >= 0.3 is 0 Å². The van der Waals surface area contributed by atoms with Gasteiger partial charge in [0.25, 0.3) is 5.91 Å². The van der Waals surface area contributed by atoms with Crippen molar-refractivity contribution in [1.29, 1.82) is 0 Å². The molecular formula is C20H29N3O3. The van der Waals surface area contributed by atoms with Crippen LogP contribution < -0.4 is 10.1 Å². The third-order valence-corrected chi connectivity index (χ3v) is 3.93. The highest BCUT2D eigenvalue weighted by Crippen LogP contribution is 2.24. The summed E-state index contributed by atoms with van der Waals surface area (Å²) in [6, 6.07) is 7.82. The summed E-state index contributed by atoms with van der Waals surface area (Å²) in [5, 5.41) is 6.66.